The molecule has 0 radical (unpaired) electrons. The molecule has 10 heteroatoms. The van der Waals surface area contributed by atoms with Crippen LogP contribution in [0.3, 0.4) is 0 Å². The van der Waals surface area contributed by atoms with Crippen molar-refractivity contribution in [3.63, 3.8) is 0 Å². The highest BCUT2D eigenvalue weighted by atomic mass is 32.2. The molecule has 3 aromatic carbocycles. The van der Waals surface area contributed by atoms with Crippen LogP contribution in [0.15, 0.2) is 66.7 Å². The van der Waals surface area contributed by atoms with E-state index in [-0.39, 0.29) is 30.2 Å². The van der Waals surface area contributed by atoms with Gasteiger partial charge in [-0.3, -0.25) is 4.79 Å². The maximum atomic E-state index is 15.2. The second-order valence-corrected chi connectivity index (χ2v) is 13.5. The molecule has 3 aromatic rings. The summed E-state index contributed by atoms with van der Waals surface area (Å²) in [6.45, 7) is 2.89. The predicted molar refractivity (Wildman–Crippen MR) is 156 cm³/mol. The Morgan fingerprint density at radius 3 is 2.19 bits per heavy atom. The molecule has 0 unspecified atom stereocenters. The summed E-state index contributed by atoms with van der Waals surface area (Å²) in [4.78, 5) is 13.6. The van der Waals surface area contributed by atoms with Gasteiger partial charge in [0.15, 0.2) is 5.78 Å². The first-order valence-electron chi connectivity index (χ1n) is 14.3. The molecule has 1 aliphatic carbocycles. The third-order valence-corrected chi connectivity index (χ3v) is 10.9. The van der Waals surface area contributed by atoms with E-state index in [1.165, 1.54) is 48.5 Å². The van der Waals surface area contributed by atoms with Crippen LogP contribution >= 0.6 is 0 Å². The van der Waals surface area contributed by atoms with Crippen molar-refractivity contribution >= 4 is 15.8 Å². The number of nitrogens with two attached hydrogens (primary N) is 1. The van der Waals surface area contributed by atoms with E-state index < -0.39 is 45.2 Å². The number of hydrogen-bond acceptors (Lipinski definition) is 5. The van der Waals surface area contributed by atoms with Gasteiger partial charge < -0.3 is 11.1 Å². The first-order chi connectivity index (χ1) is 20.1. The summed E-state index contributed by atoms with van der Waals surface area (Å²) in [5.41, 5.74) is 8.15. The number of carbonyl (C=O) groups excluding carboxylic acids is 1. The van der Waals surface area contributed by atoms with Crippen molar-refractivity contribution in [3.8, 4) is 0 Å². The Morgan fingerprint density at radius 2 is 1.60 bits per heavy atom. The van der Waals surface area contributed by atoms with Crippen molar-refractivity contribution in [2.24, 2.45) is 5.73 Å². The first-order valence-corrected chi connectivity index (χ1v) is 15.8. The molecule has 0 bridgehead atoms. The van der Waals surface area contributed by atoms with Crippen LogP contribution in [0.1, 0.15) is 54.4 Å². The van der Waals surface area contributed by atoms with Crippen molar-refractivity contribution in [1.29, 1.82) is 0 Å². The van der Waals surface area contributed by atoms with E-state index in [4.69, 9.17) is 5.73 Å². The van der Waals surface area contributed by atoms with Crippen molar-refractivity contribution < 1.29 is 26.4 Å². The van der Waals surface area contributed by atoms with Crippen LogP contribution < -0.4 is 11.1 Å². The minimum atomic E-state index is -3.43. The number of nitrogens with one attached hydrogen (secondary N) is 1. The van der Waals surface area contributed by atoms with Gasteiger partial charge in [-0.1, -0.05) is 36.4 Å². The molecule has 2 fully saturated rings. The molecular weight excluding hydrogens is 563 g/mol. The quantitative estimate of drug-likeness (QED) is 0.340. The van der Waals surface area contributed by atoms with Crippen LogP contribution in [0.25, 0.3) is 0 Å². The van der Waals surface area contributed by atoms with Gasteiger partial charge in [-0.15, -0.1) is 0 Å². The Kier molecular flexibility index (Phi) is 9.17. The maximum Gasteiger partial charge on any atom is 0.217 e. The molecule has 1 heterocycles. The molecule has 0 spiro atoms. The minimum absolute atomic E-state index is 0.182. The van der Waals surface area contributed by atoms with E-state index in [0.29, 0.717) is 54.6 Å². The number of nitrogens with zero attached hydrogens (tertiary/aromatic N) is 1. The lowest BCUT2D eigenvalue weighted by atomic mass is 9.82. The molecule has 1 saturated carbocycles. The zero-order valence-electron chi connectivity index (χ0n) is 23.5. The Morgan fingerprint density at radius 1 is 0.976 bits per heavy atom. The van der Waals surface area contributed by atoms with Gasteiger partial charge in [-0.2, -0.15) is 4.31 Å². The van der Waals surface area contributed by atoms with E-state index in [0.717, 1.165) is 0 Å². The fourth-order valence-electron chi connectivity index (χ4n) is 6.08. The summed E-state index contributed by atoms with van der Waals surface area (Å²) in [5, 5.41) is 2.95. The summed E-state index contributed by atoms with van der Waals surface area (Å²) >= 11 is 0. The molecule has 224 valence electrons. The highest BCUT2D eigenvalue weighted by molar-refractivity contribution is 7.90. The molecule has 3 atom stereocenters. The molecule has 0 amide bonds. The van der Waals surface area contributed by atoms with Crippen LogP contribution in [0, 0.1) is 17.5 Å². The van der Waals surface area contributed by atoms with E-state index in [1.54, 1.807) is 22.5 Å². The molecule has 2 aliphatic rings. The number of carbonyl (C=O) groups is 1. The summed E-state index contributed by atoms with van der Waals surface area (Å²) in [5.74, 6) is -2.73. The number of piperazine rings is 1. The van der Waals surface area contributed by atoms with Gasteiger partial charge in [0.2, 0.25) is 10.0 Å². The normalized spacial score (nSPS) is 20.5. The van der Waals surface area contributed by atoms with Crippen molar-refractivity contribution in [2.45, 2.75) is 68.3 Å². The van der Waals surface area contributed by atoms with Gasteiger partial charge in [0.25, 0.3) is 0 Å². The van der Waals surface area contributed by atoms with Gasteiger partial charge in [0.1, 0.15) is 17.5 Å². The first kappa shape index (κ1) is 30.4. The largest absolute Gasteiger partial charge is 0.321 e. The Balaban J connectivity index is 1.37. The zero-order valence-corrected chi connectivity index (χ0v) is 24.3. The number of Topliss-reactive ketones (excluding diaryl/α,β-unsaturated/α-hetero) is 1. The maximum absolute atomic E-state index is 15.2. The Bertz CT molecular complexity index is 1500. The fraction of sp³-hybridized carbons (Fsp3) is 0.406. The van der Waals surface area contributed by atoms with Crippen LogP contribution in [0.2, 0.25) is 0 Å². The van der Waals surface area contributed by atoms with Crippen LogP contribution in [-0.2, 0) is 27.7 Å². The zero-order chi connectivity index (χ0) is 30.0. The average molecular weight is 600 g/mol. The van der Waals surface area contributed by atoms with Gasteiger partial charge in [-0.05, 0) is 85.2 Å². The van der Waals surface area contributed by atoms with E-state index >= 15 is 4.39 Å². The highest BCUT2D eigenvalue weighted by Gasteiger charge is 2.45. The Hall–Kier alpha value is -3.05. The van der Waals surface area contributed by atoms with Crippen molar-refractivity contribution in [3.05, 3.63) is 106 Å². The van der Waals surface area contributed by atoms with Crippen LogP contribution in [0.4, 0.5) is 13.2 Å². The third-order valence-electron chi connectivity index (χ3n) is 8.31. The number of halogens is 3. The summed E-state index contributed by atoms with van der Waals surface area (Å²) in [6, 6.07) is 14.2. The third kappa shape index (κ3) is 6.62. The second-order valence-electron chi connectivity index (χ2n) is 11.4. The van der Waals surface area contributed by atoms with Crippen LogP contribution in [0.5, 0.6) is 0 Å². The summed E-state index contributed by atoms with van der Waals surface area (Å²) in [6.07, 6.45) is 1.76. The lowest BCUT2D eigenvalue weighted by Crippen LogP contribution is -2.59. The second kappa shape index (κ2) is 12.7. The number of benzene rings is 3. The monoisotopic (exact) mass is 599 g/mol. The van der Waals surface area contributed by atoms with Gasteiger partial charge in [0.05, 0.1) is 11.3 Å². The molecule has 1 saturated heterocycles. The molecular formula is C32H36F3N3O3S. The van der Waals surface area contributed by atoms with Crippen molar-refractivity contribution in [2.75, 3.05) is 13.1 Å². The molecule has 3 N–H and O–H groups in total. The topological polar surface area (TPSA) is 92.5 Å². The van der Waals surface area contributed by atoms with E-state index in [1.807, 2.05) is 6.92 Å². The number of hydrogen-bond donors (Lipinski definition) is 2. The standard InChI is InChI=1S/C32H36F3N3O3S/c1-20-18-37-19-26(38(20)42(40,41)27-12-13-27)11-14-28-21(5-4-10-29(28)35)17-30(39)32(36)31(22-6-2-8-24(33)15-22)23-7-3-9-25(34)16-23/h2-10,15-16,20,26-27,31-32,37H,11-14,17-19,36H2,1H3/t20-,26+,32-/m1/s1. The highest BCUT2D eigenvalue weighted by Crippen LogP contribution is 2.35. The molecule has 0 aromatic heterocycles. The SMILES string of the molecule is C[C@@H]1CNC[C@H](CCc2c(F)cccc2CC(=O)[C@@H](N)C(c2cccc(F)c2)c2cccc(F)c2)N1S(=O)(=O)C1CC1. The predicted octanol–water partition coefficient (Wildman–Crippen LogP) is 4.46. The lowest BCUT2D eigenvalue weighted by Gasteiger charge is -2.40. The molecule has 1 aliphatic heterocycles. The van der Waals surface area contributed by atoms with Crippen molar-refractivity contribution in [1.82, 2.24) is 9.62 Å². The Labute approximate surface area is 245 Å². The van der Waals surface area contributed by atoms with E-state index in [9.17, 15) is 22.0 Å². The van der Waals surface area contributed by atoms with Crippen LogP contribution in [-0.4, -0.2) is 55.0 Å². The lowest BCUT2D eigenvalue weighted by molar-refractivity contribution is -0.119. The number of ketones is 1. The van der Waals surface area contributed by atoms with Gasteiger partial charge >= 0.3 is 0 Å². The minimum Gasteiger partial charge on any atom is -0.321 e. The number of rotatable bonds is 11. The van der Waals surface area contributed by atoms with Gasteiger partial charge in [0, 0.05) is 37.5 Å². The van der Waals surface area contributed by atoms with Gasteiger partial charge in [-0.25, -0.2) is 21.6 Å². The molecule has 42 heavy (non-hydrogen) atoms. The smallest absolute Gasteiger partial charge is 0.217 e. The fourth-order valence-corrected chi connectivity index (χ4v) is 8.33. The summed E-state index contributed by atoms with van der Waals surface area (Å²) < 4.78 is 71.5. The average Bonchev–Trinajstić information content (AvgIpc) is 3.79. The molecule has 5 rings (SSSR count). The molecule has 6 nitrogen and oxygen atoms in total. The number of sulfonamides is 1. The summed E-state index contributed by atoms with van der Waals surface area (Å²) in [7, 11) is -3.43. The van der Waals surface area contributed by atoms with E-state index in [2.05, 4.69) is 5.32 Å².